The van der Waals surface area contributed by atoms with Crippen LogP contribution in [0.1, 0.15) is 33.8 Å². The molecule has 1 N–H and O–H groups in total. The number of thiophene rings is 1. The van der Waals surface area contributed by atoms with Crippen LogP contribution in [0.4, 0.5) is 10.5 Å². The van der Waals surface area contributed by atoms with E-state index in [1.807, 2.05) is 6.07 Å². The van der Waals surface area contributed by atoms with E-state index in [1.165, 1.54) is 22.5 Å². The number of hydrogen-bond donors (Lipinski definition) is 1. The Balaban J connectivity index is 1.40. The summed E-state index contributed by atoms with van der Waals surface area (Å²) in [7, 11) is 2.13. The van der Waals surface area contributed by atoms with Crippen molar-refractivity contribution in [2.24, 2.45) is 0 Å². The van der Waals surface area contributed by atoms with Crippen molar-refractivity contribution in [3.63, 3.8) is 0 Å². The topological polar surface area (TPSA) is 61.9 Å². The molecule has 148 valence electrons. The van der Waals surface area contributed by atoms with E-state index in [0.29, 0.717) is 21.8 Å². The van der Waals surface area contributed by atoms with Crippen molar-refractivity contribution < 1.29 is 14.3 Å². The van der Waals surface area contributed by atoms with Crippen molar-refractivity contribution in [2.45, 2.75) is 25.5 Å². The van der Waals surface area contributed by atoms with E-state index in [2.05, 4.69) is 36.3 Å². The van der Waals surface area contributed by atoms with Crippen LogP contribution in [0.15, 0.2) is 30.3 Å². The molecular weight excluding hydrogens is 398 g/mol. The molecule has 2 unspecified atom stereocenters. The Morgan fingerprint density at radius 3 is 2.93 bits per heavy atom. The fourth-order valence-electron chi connectivity index (χ4n) is 3.68. The third-order valence-corrected chi connectivity index (χ3v) is 6.67. The quantitative estimate of drug-likeness (QED) is 0.820. The van der Waals surface area contributed by atoms with Gasteiger partial charge in [-0.1, -0.05) is 17.7 Å². The van der Waals surface area contributed by atoms with Gasteiger partial charge < -0.3 is 10.1 Å². The molecule has 2 aromatic rings. The van der Waals surface area contributed by atoms with Crippen LogP contribution in [0.2, 0.25) is 4.34 Å². The first-order valence-corrected chi connectivity index (χ1v) is 10.5. The minimum Gasteiger partial charge on any atom is -0.442 e. The average molecular weight is 420 g/mol. The number of nitrogens with one attached hydrogen (secondary N) is 1. The third kappa shape index (κ3) is 3.74. The SMILES string of the molecule is CC1c2ccc(N3CC(CNC(=O)c4ccc(Cl)s4)OC3=O)cc2CCN1C. The summed E-state index contributed by atoms with van der Waals surface area (Å²) in [6.07, 6.45) is 0.211. The van der Waals surface area contributed by atoms with Crippen molar-refractivity contribution in [1.82, 2.24) is 10.2 Å². The summed E-state index contributed by atoms with van der Waals surface area (Å²) in [6.45, 7) is 3.88. The maximum atomic E-state index is 12.4. The van der Waals surface area contributed by atoms with Gasteiger partial charge in [0.1, 0.15) is 6.10 Å². The molecule has 8 heteroatoms. The van der Waals surface area contributed by atoms with E-state index in [-0.39, 0.29) is 24.6 Å². The van der Waals surface area contributed by atoms with Crippen LogP contribution in [0, 0.1) is 0 Å². The molecule has 3 heterocycles. The van der Waals surface area contributed by atoms with Crippen molar-refractivity contribution >= 4 is 40.6 Å². The first-order chi connectivity index (χ1) is 13.4. The number of amides is 2. The molecule has 1 aromatic carbocycles. The molecule has 0 saturated carbocycles. The summed E-state index contributed by atoms with van der Waals surface area (Å²) >= 11 is 7.09. The van der Waals surface area contributed by atoms with Gasteiger partial charge in [0.05, 0.1) is 22.3 Å². The number of cyclic esters (lactones) is 1. The molecule has 0 bridgehead atoms. The Morgan fingerprint density at radius 1 is 1.36 bits per heavy atom. The molecule has 1 fully saturated rings. The Bertz CT molecular complexity index is 916. The van der Waals surface area contributed by atoms with Gasteiger partial charge in [-0.15, -0.1) is 11.3 Å². The molecule has 1 saturated heterocycles. The van der Waals surface area contributed by atoms with E-state index < -0.39 is 0 Å². The number of carbonyl (C=O) groups excluding carboxylic acids is 2. The number of ether oxygens (including phenoxy) is 1. The van der Waals surface area contributed by atoms with E-state index in [4.69, 9.17) is 16.3 Å². The molecule has 2 atom stereocenters. The second kappa shape index (κ2) is 7.73. The van der Waals surface area contributed by atoms with Gasteiger partial charge >= 0.3 is 6.09 Å². The van der Waals surface area contributed by atoms with Gasteiger partial charge in [0.2, 0.25) is 0 Å². The van der Waals surface area contributed by atoms with E-state index in [0.717, 1.165) is 18.7 Å². The zero-order valence-electron chi connectivity index (χ0n) is 15.8. The first-order valence-electron chi connectivity index (χ1n) is 9.27. The zero-order chi connectivity index (χ0) is 19.8. The third-order valence-electron chi connectivity index (χ3n) is 5.44. The fraction of sp³-hybridized carbons (Fsp3) is 0.400. The molecule has 0 radical (unpaired) electrons. The molecule has 6 nitrogen and oxygen atoms in total. The van der Waals surface area contributed by atoms with Crippen molar-refractivity contribution in [1.29, 1.82) is 0 Å². The number of benzene rings is 1. The normalized spacial score (nSPS) is 22.1. The highest BCUT2D eigenvalue weighted by Crippen LogP contribution is 2.32. The minimum atomic E-state index is -0.382. The summed E-state index contributed by atoms with van der Waals surface area (Å²) < 4.78 is 6.01. The maximum Gasteiger partial charge on any atom is 0.414 e. The van der Waals surface area contributed by atoms with Gasteiger partial charge in [-0.3, -0.25) is 14.6 Å². The van der Waals surface area contributed by atoms with Crippen LogP contribution in [-0.4, -0.2) is 49.7 Å². The van der Waals surface area contributed by atoms with E-state index >= 15 is 0 Å². The Labute approximate surface area is 173 Å². The molecule has 0 spiro atoms. The van der Waals surface area contributed by atoms with Gasteiger partial charge in [0.25, 0.3) is 5.91 Å². The molecule has 0 aliphatic carbocycles. The largest absolute Gasteiger partial charge is 0.442 e. The fourth-order valence-corrected chi connectivity index (χ4v) is 4.64. The van der Waals surface area contributed by atoms with Crippen LogP contribution in [0.3, 0.4) is 0 Å². The standard InChI is InChI=1S/C20H22ClN3O3S/c1-12-16-4-3-14(9-13(16)7-8-23(12)2)24-11-15(27-20(24)26)10-22-19(25)17-5-6-18(21)28-17/h3-6,9,12,15H,7-8,10-11H2,1-2H3,(H,22,25). The summed E-state index contributed by atoms with van der Waals surface area (Å²) in [5.74, 6) is -0.210. The number of fused-ring (bicyclic) bond motifs is 1. The van der Waals surface area contributed by atoms with Gasteiger partial charge in [0, 0.05) is 18.3 Å². The summed E-state index contributed by atoms with van der Waals surface area (Å²) in [5.41, 5.74) is 3.44. The van der Waals surface area contributed by atoms with E-state index in [9.17, 15) is 9.59 Å². The first kappa shape index (κ1) is 19.2. The number of rotatable bonds is 4. The van der Waals surface area contributed by atoms with Gasteiger partial charge in [-0.2, -0.15) is 0 Å². The number of nitrogens with zero attached hydrogens (tertiary/aromatic N) is 2. The van der Waals surface area contributed by atoms with Crippen LogP contribution in [0.5, 0.6) is 0 Å². The summed E-state index contributed by atoms with van der Waals surface area (Å²) in [5, 5.41) is 2.81. The molecule has 2 amide bonds. The number of anilines is 1. The van der Waals surface area contributed by atoms with Crippen LogP contribution >= 0.6 is 22.9 Å². The van der Waals surface area contributed by atoms with Crippen LogP contribution in [0.25, 0.3) is 0 Å². The average Bonchev–Trinajstić information content (AvgIpc) is 3.28. The molecule has 2 aliphatic heterocycles. The molecule has 2 aliphatic rings. The monoisotopic (exact) mass is 419 g/mol. The lowest BCUT2D eigenvalue weighted by Crippen LogP contribution is -2.34. The number of likely N-dealkylation sites (N-methyl/N-ethyl adjacent to an activating group) is 1. The highest BCUT2D eigenvalue weighted by molar-refractivity contribution is 7.17. The van der Waals surface area contributed by atoms with Crippen molar-refractivity contribution in [3.05, 3.63) is 50.7 Å². The summed E-state index contributed by atoms with van der Waals surface area (Å²) in [4.78, 5) is 29.0. The molecular formula is C20H22ClN3O3S. The Morgan fingerprint density at radius 2 is 2.18 bits per heavy atom. The predicted molar refractivity (Wildman–Crippen MR) is 110 cm³/mol. The van der Waals surface area contributed by atoms with Crippen molar-refractivity contribution in [3.8, 4) is 0 Å². The summed E-state index contributed by atoms with van der Waals surface area (Å²) in [6, 6.07) is 9.91. The van der Waals surface area contributed by atoms with Gasteiger partial charge in [-0.05, 0) is 55.8 Å². The lowest BCUT2D eigenvalue weighted by atomic mass is 9.93. The Hall–Kier alpha value is -2.09. The number of carbonyl (C=O) groups is 2. The number of halogens is 1. The predicted octanol–water partition coefficient (Wildman–Crippen LogP) is 3.71. The highest BCUT2D eigenvalue weighted by Gasteiger charge is 2.33. The molecule has 28 heavy (non-hydrogen) atoms. The molecule has 1 aromatic heterocycles. The van der Waals surface area contributed by atoms with E-state index in [1.54, 1.807) is 17.0 Å². The van der Waals surface area contributed by atoms with Gasteiger partial charge in [-0.25, -0.2) is 4.79 Å². The smallest absolute Gasteiger partial charge is 0.414 e. The Kier molecular flexibility index (Phi) is 5.31. The number of hydrogen-bond acceptors (Lipinski definition) is 5. The second-order valence-corrected chi connectivity index (χ2v) is 8.93. The minimum absolute atomic E-state index is 0.210. The van der Waals surface area contributed by atoms with Crippen molar-refractivity contribution in [2.75, 3.05) is 31.6 Å². The lowest BCUT2D eigenvalue weighted by molar-refractivity contribution is 0.0920. The highest BCUT2D eigenvalue weighted by atomic mass is 35.5. The lowest BCUT2D eigenvalue weighted by Gasteiger charge is -2.32. The zero-order valence-corrected chi connectivity index (χ0v) is 17.3. The van der Waals surface area contributed by atoms with Gasteiger partial charge in [0.15, 0.2) is 0 Å². The maximum absolute atomic E-state index is 12.4. The van der Waals surface area contributed by atoms with Crippen LogP contribution < -0.4 is 10.2 Å². The van der Waals surface area contributed by atoms with Crippen LogP contribution in [-0.2, 0) is 11.2 Å². The second-order valence-electron chi connectivity index (χ2n) is 7.22. The molecule has 4 rings (SSSR count).